The van der Waals surface area contributed by atoms with Crippen molar-refractivity contribution in [2.45, 2.75) is 26.5 Å². The van der Waals surface area contributed by atoms with Gasteiger partial charge in [0.05, 0.1) is 5.75 Å². The van der Waals surface area contributed by atoms with Crippen LogP contribution in [0.15, 0.2) is 36.4 Å². The fourth-order valence-electron chi connectivity index (χ4n) is 2.42. The average Bonchev–Trinajstić information content (AvgIpc) is 2.45. The Labute approximate surface area is 135 Å². The monoisotopic (exact) mass is 317 g/mol. The normalized spacial score (nSPS) is 10.5. The Bertz CT molecular complexity index is 662. The molecule has 0 aromatic heterocycles. The number of thioether (sulfide) groups is 1. The Morgan fingerprint density at radius 3 is 2.41 bits per heavy atom. The molecule has 116 valence electrons. The van der Waals surface area contributed by atoms with Gasteiger partial charge < -0.3 is 5.32 Å². The first kappa shape index (κ1) is 16.6. The number of hydrogen-bond donors (Lipinski definition) is 1. The highest BCUT2D eigenvalue weighted by Gasteiger charge is 2.09. The second-order valence-corrected chi connectivity index (χ2v) is 6.39. The summed E-state index contributed by atoms with van der Waals surface area (Å²) >= 11 is 1.41. The molecule has 0 atom stereocenters. The first-order chi connectivity index (χ1) is 10.5. The minimum Gasteiger partial charge on any atom is -0.325 e. The van der Waals surface area contributed by atoms with Crippen molar-refractivity contribution in [2.75, 3.05) is 11.1 Å². The van der Waals surface area contributed by atoms with Gasteiger partial charge >= 0.3 is 0 Å². The Morgan fingerprint density at radius 2 is 1.77 bits per heavy atom. The molecule has 1 amide bonds. The zero-order chi connectivity index (χ0) is 16.1. The Hall–Kier alpha value is -1.81. The molecule has 0 aliphatic heterocycles. The molecule has 22 heavy (non-hydrogen) atoms. The highest BCUT2D eigenvalue weighted by Crippen LogP contribution is 2.22. The van der Waals surface area contributed by atoms with Crippen LogP contribution < -0.4 is 5.32 Å². The van der Waals surface area contributed by atoms with Gasteiger partial charge in [0.25, 0.3) is 0 Å². The number of carbonyl (C=O) groups excluding carboxylic acids is 1. The summed E-state index contributed by atoms with van der Waals surface area (Å²) in [5.41, 5.74) is 4.81. The van der Waals surface area contributed by atoms with Crippen molar-refractivity contribution in [3.05, 3.63) is 64.5 Å². The van der Waals surface area contributed by atoms with Crippen LogP contribution in [0.3, 0.4) is 0 Å². The van der Waals surface area contributed by atoms with Crippen LogP contribution >= 0.6 is 11.8 Å². The van der Waals surface area contributed by atoms with E-state index < -0.39 is 0 Å². The van der Waals surface area contributed by atoms with Crippen molar-refractivity contribution in [3.63, 3.8) is 0 Å². The maximum Gasteiger partial charge on any atom is 0.234 e. The van der Waals surface area contributed by atoms with Crippen molar-refractivity contribution < 1.29 is 9.18 Å². The number of rotatable bonds is 5. The minimum absolute atomic E-state index is 0.0589. The zero-order valence-electron chi connectivity index (χ0n) is 13.1. The third-order valence-electron chi connectivity index (χ3n) is 3.39. The lowest BCUT2D eigenvalue weighted by Crippen LogP contribution is -2.16. The Morgan fingerprint density at radius 1 is 1.14 bits per heavy atom. The molecule has 0 bridgehead atoms. The number of anilines is 1. The number of aryl methyl sites for hydroxylation is 3. The lowest BCUT2D eigenvalue weighted by atomic mass is 10.1. The molecular weight excluding hydrogens is 297 g/mol. The van der Waals surface area contributed by atoms with Crippen LogP contribution in [0.4, 0.5) is 10.1 Å². The lowest BCUT2D eigenvalue weighted by Gasteiger charge is -2.12. The van der Waals surface area contributed by atoms with Crippen LogP contribution in [-0.2, 0) is 10.5 Å². The maximum absolute atomic E-state index is 13.5. The van der Waals surface area contributed by atoms with Gasteiger partial charge in [-0.3, -0.25) is 4.79 Å². The predicted molar refractivity (Wildman–Crippen MR) is 91.8 cm³/mol. The molecule has 0 radical (unpaired) electrons. The SMILES string of the molecule is Cc1cc(C)c(NC(=O)CSCc2ccccc2F)c(C)c1. The van der Waals surface area contributed by atoms with Crippen LogP contribution in [0.1, 0.15) is 22.3 Å². The number of carbonyl (C=O) groups is 1. The Balaban J connectivity index is 1.90. The van der Waals surface area contributed by atoms with Crippen LogP contribution in [0, 0.1) is 26.6 Å². The molecule has 0 unspecified atom stereocenters. The highest BCUT2D eigenvalue weighted by molar-refractivity contribution is 7.99. The fourth-order valence-corrected chi connectivity index (χ4v) is 3.24. The number of nitrogens with one attached hydrogen (secondary N) is 1. The summed E-state index contributed by atoms with van der Waals surface area (Å²) in [6.07, 6.45) is 0. The van der Waals surface area contributed by atoms with Crippen molar-refractivity contribution in [1.82, 2.24) is 0 Å². The van der Waals surface area contributed by atoms with Gasteiger partial charge in [-0.25, -0.2) is 4.39 Å². The number of hydrogen-bond acceptors (Lipinski definition) is 2. The highest BCUT2D eigenvalue weighted by atomic mass is 32.2. The van der Waals surface area contributed by atoms with E-state index in [9.17, 15) is 9.18 Å². The largest absolute Gasteiger partial charge is 0.325 e. The van der Waals surface area contributed by atoms with Gasteiger partial charge in [0.15, 0.2) is 0 Å². The first-order valence-electron chi connectivity index (χ1n) is 7.16. The standard InChI is InChI=1S/C18H20FNOS/c1-12-8-13(2)18(14(3)9-12)20-17(21)11-22-10-15-6-4-5-7-16(15)19/h4-9H,10-11H2,1-3H3,(H,20,21). The van der Waals surface area contributed by atoms with Crippen LogP contribution in [-0.4, -0.2) is 11.7 Å². The summed E-state index contributed by atoms with van der Waals surface area (Å²) in [5.74, 6) is 0.518. The zero-order valence-corrected chi connectivity index (χ0v) is 13.9. The van der Waals surface area contributed by atoms with E-state index >= 15 is 0 Å². The molecule has 2 nitrogen and oxygen atoms in total. The van der Waals surface area contributed by atoms with E-state index in [0.717, 1.165) is 16.8 Å². The van der Waals surface area contributed by atoms with E-state index in [2.05, 4.69) is 17.4 Å². The van der Waals surface area contributed by atoms with Crippen molar-refractivity contribution in [3.8, 4) is 0 Å². The van der Waals surface area contributed by atoms with E-state index in [1.165, 1.54) is 23.4 Å². The van der Waals surface area contributed by atoms with Crippen LogP contribution in [0.25, 0.3) is 0 Å². The molecule has 0 aliphatic rings. The molecule has 2 aromatic rings. The molecule has 0 spiro atoms. The molecule has 0 saturated heterocycles. The van der Waals surface area contributed by atoms with E-state index in [4.69, 9.17) is 0 Å². The van der Waals surface area contributed by atoms with Gasteiger partial charge in [0.1, 0.15) is 5.82 Å². The van der Waals surface area contributed by atoms with Crippen LogP contribution in [0.5, 0.6) is 0 Å². The molecule has 0 heterocycles. The summed E-state index contributed by atoms with van der Waals surface area (Å²) in [6.45, 7) is 6.01. The number of benzene rings is 2. The maximum atomic E-state index is 13.5. The first-order valence-corrected chi connectivity index (χ1v) is 8.31. The smallest absolute Gasteiger partial charge is 0.234 e. The summed E-state index contributed by atoms with van der Waals surface area (Å²) in [4.78, 5) is 12.1. The fraction of sp³-hybridized carbons (Fsp3) is 0.278. The minimum atomic E-state index is -0.222. The van der Waals surface area contributed by atoms with E-state index in [-0.39, 0.29) is 11.7 Å². The van der Waals surface area contributed by atoms with Gasteiger partial charge in [-0.15, -0.1) is 11.8 Å². The van der Waals surface area contributed by atoms with E-state index in [1.807, 2.05) is 20.8 Å². The average molecular weight is 317 g/mol. The molecule has 1 N–H and O–H groups in total. The summed E-state index contributed by atoms with van der Waals surface area (Å²) in [6, 6.07) is 10.8. The molecular formula is C18H20FNOS. The quantitative estimate of drug-likeness (QED) is 0.871. The molecule has 0 fully saturated rings. The lowest BCUT2D eigenvalue weighted by molar-refractivity contribution is -0.113. The van der Waals surface area contributed by atoms with E-state index in [0.29, 0.717) is 17.1 Å². The molecule has 0 aliphatic carbocycles. The molecule has 2 aromatic carbocycles. The topological polar surface area (TPSA) is 29.1 Å². The second kappa shape index (κ2) is 7.45. The van der Waals surface area contributed by atoms with Gasteiger partial charge in [-0.2, -0.15) is 0 Å². The molecule has 0 saturated carbocycles. The second-order valence-electron chi connectivity index (χ2n) is 5.41. The van der Waals surface area contributed by atoms with Gasteiger partial charge in [-0.05, 0) is 43.5 Å². The summed E-state index contributed by atoms with van der Waals surface area (Å²) < 4.78 is 13.5. The summed E-state index contributed by atoms with van der Waals surface area (Å²) in [7, 11) is 0. The Kier molecular flexibility index (Phi) is 5.61. The van der Waals surface area contributed by atoms with Gasteiger partial charge in [-0.1, -0.05) is 35.9 Å². The van der Waals surface area contributed by atoms with Crippen molar-refractivity contribution in [1.29, 1.82) is 0 Å². The van der Waals surface area contributed by atoms with Gasteiger partial charge in [0.2, 0.25) is 5.91 Å². The third kappa shape index (κ3) is 4.34. The molecule has 2 rings (SSSR count). The number of amides is 1. The van der Waals surface area contributed by atoms with Crippen molar-refractivity contribution in [2.24, 2.45) is 0 Å². The third-order valence-corrected chi connectivity index (χ3v) is 4.37. The molecule has 4 heteroatoms. The summed E-state index contributed by atoms with van der Waals surface area (Å²) in [5, 5.41) is 2.95. The van der Waals surface area contributed by atoms with E-state index in [1.54, 1.807) is 18.2 Å². The van der Waals surface area contributed by atoms with Crippen LogP contribution in [0.2, 0.25) is 0 Å². The van der Waals surface area contributed by atoms with Gasteiger partial charge in [0, 0.05) is 11.4 Å². The number of halogens is 1. The van der Waals surface area contributed by atoms with Crippen molar-refractivity contribution >= 4 is 23.4 Å². The predicted octanol–water partition coefficient (Wildman–Crippen LogP) is 4.62.